The molecule has 1 aliphatic rings. The molecule has 0 unspecified atom stereocenters. The van der Waals surface area contributed by atoms with Gasteiger partial charge in [-0.1, -0.05) is 20.8 Å². The van der Waals surface area contributed by atoms with E-state index in [1.165, 1.54) is 13.8 Å². The maximum atomic E-state index is 13.0. The van der Waals surface area contributed by atoms with Gasteiger partial charge in [0.15, 0.2) is 9.84 Å². The van der Waals surface area contributed by atoms with Crippen LogP contribution in [0.2, 0.25) is 0 Å². The highest BCUT2D eigenvalue weighted by Crippen LogP contribution is 2.58. The smallest absolute Gasteiger partial charge is 0.378 e. The second-order valence-electron chi connectivity index (χ2n) is 7.09. The summed E-state index contributed by atoms with van der Waals surface area (Å²) in [5, 5.41) is 8.47. The van der Waals surface area contributed by atoms with Crippen molar-refractivity contribution in [1.29, 1.82) is 0 Å². The Balaban J connectivity index is 2.98. The molecule has 0 bridgehead atoms. The lowest BCUT2D eigenvalue weighted by Gasteiger charge is -2.37. The molecule has 0 radical (unpaired) electrons. The summed E-state index contributed by atoms with van der Waals surface area (Å²) in [7, 11) is -3.66. The molecule has 20 heavy (non-hydrogen) atoms. The van der Waals surface area contributed by atoms with Crippen molar-refractivity contribution >= 4 is 9.84 Å². The Hall–Kier alpha value is -0.270. The molecule has 1 rings (SSSR count). The van der Waals surface area contributed by atoms with Crippen LogP contribution in [-0.4, -0.2) is 42.3 Å². The number of sulfone groups is 1. The Kier molecular flexibility index (Phi) is 4.34. The van der Waals surface area contributed by atoms with Gasteiger partial charge in [-0.2, -0.15) is 8.78 Å². The van der Waals surface area contributed by atoms with Gasteiger partial charge >= 0.3 is 6.11 Å². The maximum absolute atomic E-state index is 13.0. The van der Waals surface area contributed by atoms with Crippen LogP contribution >= 0.6 is 0 Å². The first-order valence-corrected chi connectivity index (χ1v) is 8.08. The number of aliphatic hydroxyl groups is 1. The fourth-order valence-corrected chi connectivity index (χ4v) is 5.18. The first-order chi connectivity index (χ1) is 8.72. The summed E-state index contributed by atoms with van der Waals surface area (Å²) in [6.45, 7) is 6.20. The van der Waals surface area contributed by atoms with Gasteiger partial charge in [-0.25, -0.2) is 8.42 Å². The van der Waals surface area contributed by atoms with Crippen molar-refractivity contribution in [3.8, 4) is 0 Å². The molecule has 0 aromatic carbocycles. The van der Waals surface area contributed by atoms with Crippen molar-refractivity contribution in [2.45, 2.75) is 63.1 Å². The number of hydrogen-bond acceptors (Lipinski definition) is 4. The molecular formula is C13H24F2O4S. The standard InChI is InChI=1S/C13H24F2O4S/c1-10(2,3)12(6-7-12)20(17,18)11(4,5)9-19-13(14,15)8-16/h16H,6-9H2,1-5H3. The zero-order chi connectivity index (χ0) is 16.0. The van der Waals surface area contributed by atoms with E-state index >= 15 is 0 Å². The number of halogens is 2. The molecule has 0 spiro atoms. The molecule has 1 fully saturated rings. The van der Waals surface area contributed by atoms with E-state index in [-0.39, 0.29) is 0 Å². The number of ether oxygens (including phenoxy) is 1. The second-order valence-corrected chi connectivity index (χ2v) is 9.99. The van der Waals surface area contributed by atoms with Crippen molar-refractivity contribution in [3.63, 3.8) is 0 Å². The molecule has 120 valence electrons. The van der Waals surface area contributed by atoms with Crippen LogP contribution < -0.4 is 0 Å². The van der Waals surface area contributed by atoms with Gasteiger partial charge in [-0.05, 0) is 32.1 Å². The zero-order valence-corrected chi connectivity index (χ0v) is 13.5. The highest BCUT2D eigenvalue weighted by Gasteiger charge is 2.65. The van der Waals surface area contributed by atoms with E-state index in [0.29, 0.717) is 12.8 Å². The first-order valence-electron chi connectivity index (χ1n) is 6.59. The predicted molar refractivity (Wildman–Crippen MR) is 72.4 cm³/mol. The SMILES string of the molecule is CC(C)(C)C1(S(=O)(=O)C(C)(C)COC(F)(F)CO)CC1. The Labute approximate surface area is 119 Å². The van der Waals surface area contributed by atoms with E-state index < -0.39 is 44.1 Å². The van der Waals surface area contributed by atoms with Crippen LogP contribution in [-0.2, 0) is 14.6 Å². The molecule has 0 aromatic heterocycles. The number of hydrogen-bond donors (Lipinski definition) is 1. The normalized spacial score (nSPS) is 20.0. The summed E-state index contributed by atoms with van der Waals surface area (Å²) in [4.78, 5) is 0. The molecule has 1 aliphatic carbocycles. The van der Waals surface area contributed by atoms with Crippen LogP contribution in [0.15, 0.2) is 0 Å². The summed E-state index contributed by atoms with van der Waals surface area (Å²) < 4.78 is 53.5. The van der Waals surface area contributed by atoms with Gasteiger partial charge in [0.1, 0.15) is 6.61 Å². The summed E-state index contributed by atoms with van der Waals surface area (Å²) in [6.07, 6.45) is -2.64. The van der Waals surface area contributed by atoms with Gasteiger partial charge in [-0.15, -0.1) is 0 Å². The van der Waals surface area contributed by atoms with Crippen molar-refractivity contribution < 1.29 is 27.0 Å². The van der Waals surface area contributed by atoms with Crippen molar-refractivity contribution in [1.82, 2.24) is 0 Å². The van der Waals surface area contributed by atoms with Crippen LogP contribution in [0, 0.1) is 5.41 Å². The van der Waals surface area contributed by atoms with Crippen LogP contribution in [0.1, 0.15) is 47.5 Å². The monoisotopic (exact) mass is 314 g/mol. The third-order valence-corrected chi connectivity index (χ3v) is 7.75. The largest absolute Gasteiger partial charge is 0.387 e. The topological polar surface area (TPSA) is 63.6 Å². The second kappa shape index (κ2) is 4.88. The highest BCUT2D eigenvalue weighted by molar-refractivity contribution is 7.94. The van der Waals surface area contributed by atoms with Crippen LogP contribution in [0.4, 0.5) is 8.78 Å². The third-order valence-electron chi connectivity index (χ3n) is 4.13. The summed E-state index contributed by atoms with van der Waals surface area (Å²) in [6, 6.07) is 0. The molecule has 1 N–H and O–H groups in total. The predicted octanol–water partition coefficient (Wildman–Crippen LogP) is 2.36. The number of aliphatic hydroxyl groups excluding tert-OH is 1. The van der Waals surface area contributed by atoms with E-state index in [1.54, 1.807) is 0 Å². The minimum Gasteiger partial charge on any atom is -0.387 e. The Bertz CT molecular complexity index is 459. The van der Waals surface area contributed by atoms with Crippen LogP contribution in [0.3, 0.4) is 0 Å². The van der Waals surface area contributed by atoms with Gasteiger partial charge in [0, 0.05) is 0 Å². The average molecular weight is 314 g/mol. The van der Waals surface area contributed by atoms with Gasteiger partial charge in [0.2, 0.25) is 0 Å². The van der Waals surface area contributed by atoms with Gasteiger partial charge in [0.25, 0.3) is 0 Å². The first kappa shape index (κ1) is 17.8. The van der Waals surface area contributed by atoms with E-state index in [0.717, 1.165) is 0 Å². The molecule has 0 aliphatic heterocycles. The maximum Gasteiger partial charge on any atom is 0.378 e. The minimum absolute atomic E-state index is 0.456. The third kappa shape index (κ3) is 2.85. The molecule has 0 heterocycles. The summed E-state index contributed by atoms with van der Waals surface area (Å²) in [5.41, 5.74) is -0.456. The molecule has 0 atom stereocenters. The molecule has 1 saturated carbocycles. The summed E-state index contributed by atoms with van der Waals surface area (Å²) in [5.74, 6) is 0. The average Bonchev–Trinajstić information content (AvgIpc) is 3.07. The van der Waals surface area contributed by atoms with Gasteiger partial charge in [-0.3, -0.25) is 0 Å². The molecule has 0 amide bonds. The molecular weight excluding hydrogens is 290 g/mol. The Morgan fingerprint density at radius 2 is 1.60 bits per heavy atom. The van der Waals surface area contributed by atoms with Crippen molar-refractivity contribution in [2.24, 2.45) is 5.41 Å². The quantitative estimate of drug-likeness (QED) is 0.817. The lowest BCUT2D eigenvalue weighted by Crippen LogP contribution is -2.50. The lowest BCUT2D eigenvalue weighted by atomic mass is 9.89. The minimum atomic E-state index is -3.72. The van der Waals surface area contributed by atoms with Gasteiger partial charge < -0.3 is 9.84 Å². The van der Waals surface area contributed by atoms with E-state index in [9.17, 15) is 17.2 Å². The molecule has 7 heteroatoms. The fourth-order valence-electron chi connectivity index (χ4n) is 2.47. The number of alkyl halides is 2. The zero-order valence-electron chi connectivity index (χ0n) is 12.7. The van der Waals surface area contributed by atoms with E-state index in [4.69, 9.17) is 5.11 Å². The Morgan fingerprint density at radius 1 is 1.15 bits per heavy atom. The summed E-state index contributed by atoms with van der Waals surface area (Å²) >= 11 is 0. The van der Waals surface area contributed by atoms with Gasteiger partial charge in [0.05, 0.1) is 16.1 Å². The Morgan fingerprint density at radius 3 is 1.90 bits per heavy atom. The fraction of sp³-hybridized carbons (Fsp3) is 1.00. The molecule has 4 nitrogen and oxygen atoms in total. The lowest BCUT2D eigenvalue weighted by molar-refractivity contribution is -0.259. The van der Waals surface area contributed by atoms with Crippen molar-refractivity contribution in [3.05, 3.63) is 0 Å². The highest BCUT2D eigenvalue weighted by atomic mass is 32.2. The number of rotatable bonds is 6. The van der Waals surface area contributed by atoms with E-state index in [2.05, 4.69) is 4.74 Å². The van der Waals surface area contributed by atoms with Crippen molar-refractivity contribution in [2.75, 3.05) is 13.2 Å². The molecule has 0 aromatic rings. The van der Waals surface area contributed by atoms with E-state index in [1.807, 2.05) is 20.8 Å². The molecule has 0 saturated heterocycles. The van der Waals surface area contributed by atoms with Crippen LogP contribution in [0.5, 0.6) is 0 Å². The van der Waals surface area contributed by atoms with Crippen LogP contribution in [0.25, 0.3) is 0 Å².